The monoisotopic (exact) mass is 413 g/mol. The second kappa shape index (κ2) is 8.73. The van der Waals surface area contributed by atoms with Crippen LogP contribution in [0.4, 0.5) is 0 Å². The Morgan fingerprint density at radius 3 is 2.62 bits per heavy atom. The lowest BCUT2D eigenvalue weighted by molar-refractivity contribution is -0.121. The van der Waals surface area contributed by atoms with Gasteiger partial charge < -0.3 is 10.2 Å². The number of fused-ring (bicyclic) bond motifs is 1. The molecule has 0 aliphatic heterocycles. The zero-order valence-corrected chi connectivity index (χ0v) is 18.3. The fraction of sp³-hybridized carbons (Fsp3) is 0.429. The van der Waals surface area contributed by atoms with Crippen LogP contribution in [0.1, 0.15) is 49.0 Å². The molecule has 0 fully saturated rings. The number of nitrogens with zero attached hydrogens (tertiary/aromatic N) is 4. The molecule has 0 bridgehead atoms. The van der Waals surface area contributed by atoms with E-state index < -0.39 is 0 Å². The normalized spacial score (nSPS) is 11.2. The Balaban J connectivity index is 2.12. The van der Waals surface area contributed by atoms with Crippen molar-refractivity contribution in [2.75, 3.05) is 19.6 Å². The lowest BCUT2D eigenvalue weighted by Gasteiger charge is -2.21. The number of aryl methyl sites for hydroxylation is 1. The van der Waals surface area contributed by atoms with Crippen molar-refractivity contribution >= 4 is 34.2 Å². The van der Waals surface area contributed by atoms with Gasteiger partial charge in [0.25, 0.3) is 5.91 Å². The van der Waals surface area contributed by atoms with E-state index in [4.69, 9.17) is 4.98 Å². The fourth-order valence-electron chi connectivity index (χ4n) is 3.20. The molecule has 0 aliphatic rings. The summed E-state index contributed by atoms with van der Waals surface area (Å²) in [7, 11) is 0. The quantitative estimate of drug-likeness (QED) is 0.641. The van der Waals surface area contributed by atoms with Crippen molar-refractivity contribution in [3.8, 4) is 10.6 Å². The first-order valence-corrected chi connectivity index (χ1v) is 10.7. The molecular weight excluding hydrogens is 386 g/mol. The van der Waals surface area contributed by atoms with Gasteiger partial charge >= 0.3 is 0 Å². The summed E-state index contributed by atoms with van der Waals surface area (Å²) in [5.74, 6) is -0.357. The number of likely N-dealkylation sites (N-methyl/N-ethyl adjacent to an activating group) is 2. The van der Waals surface area contributed by atoms with Crippen molar-refractivity contribution in [3.63, 3.8) is 0 Å². The first kappa shape index (κ1) is 21.0. The topological polar surface area (TPSA) is 80.1 Å². The smallest absolute Gasteiger partial charge is 0.255 e. The maximum Gasteiger partial charge on any atom is 0.255 e. The Bertz CT molecular complexity index is 1040. The molecule has 3 rings (SSSR count). The molecule has 0 aliphatic carbocycles. The molecule has 3 aromatic rings. The lowest BCUT2D eigenvalue weighted by Crippen LogP contribution is -2.40. The molecule has 8 heteroatoms. The van der Waals surface area contributed by atoms with Crippen LogP contribution in [-0.4, -0.2) is 51.1 Å². The van der Waals surface area contributed by atoms with E-state index in [-0.39, 0.29) is 24.4 Å². The largest absolute Gasteiger partial charge is 0.355 e. The van der Waals surface area contributed by atoms with Gasteiger partial charge in [-0.2, -0.15) is 5.10 Å². The van der Waals surface area contributed by atoms with E-state index in [0.29, 0.717) is 29.7 Å². The molecule has 0 saturated carbocycles. The van der Waals surface area contributed by atoms with E-state index in [1.807, 2.05) is 57.5 Å². The van der Waals surface area contributed by atoms with Gasteiger partial charge in [-0.3, -0.25) is 9.59 Å². The first-order valence-electron chi connectivity index (χ1n) is 9.86. The molecule has 0 radical (unpaired) electrons. The molecule has 0 unspecified atom stereocenters. The minimum absolute atomic E-state index is 0.0265. The minimum atomic E-state index is -0.191. The van der Waals surface area contributed by atoms with Crippen LogP contribution in [0.25, 0.3) is 21.6 Å². The summed E-state index contributed by atoms with van der Waals surface area (Å²) in [6.07, 6.45) is 1.69. The zero-order valence-electron chi connectivity index (χ0n) is 17.5. The second-order valence-electron chi connectivity index (χ2n) is 7.16. The van der Waals surface area contributed by atoms with E-state index in [2.05, 4.69) is 10.4 Å². The molecule has 29 heavy (non-hydrogen) atoms. The number of thiophene rings is 1. The van der Waals surface area contributed by atoms with E-state index in [1.54, 1.807) is 22.4 Å². The Labute approximate surface area is 174 Å². The molecule has 0 aromatic carbocycles. The van der Waals surface area contributed by atoms with Crippen molar-refractivity contribution < 1.29 is 9.59 Å². The molecule has 7 nitrogen and oxygen atoms in total. The molecule has 0 spiro atoms. The van der Waals surface area contributed by atoms with Crippen molar-refractivity contribution in [2.45, 2.75) is 40.7 Å². The zero-order chi connectivity index (χ0) is 21.1. The van der Waals surface area contributed by atoms with Gasteiger partial charge in [-0.15, -0.1) is 11.3 Å². The number of amides is 2. The maximum absolute atomic E-state index is 13.4. The van der Waals surface area contributed by atoms with Crippen molar-refractivity contribution in [2.24, 2.45) is 0 Å². The van der Waals surface area contributed by atoms with Crippen LogP contribution in [0.5, 0.6) is 0 Å². The number of rotatable bonds is 7. The number of hydrogen-bond acceptors (Lipinski definition) is 5. The summed E-state index contributed by atoms with van der Waals surface area (Å²) >= 11 is 1.64. The van der Waals surface area contributed by atoms with E-state index in [1.165, 1.54) is 4.88 Å². The molecule has 3 heterocycles. The highest BCUT2D eigenvalue weighted by Crippen LogP contribution is 2.31. The molecular formula is C21H27N5O2S. The van der Waals surface area contributed by atoms with Crippen LogP contribution in [0.15, 0.2) is 24.4 Å². The van der Waals surface area contributed by atoms with Gasteiger partial charge in [-0.05, 0) is 52.8 Å². The van der Waals surface area contributed by atoms with Gasteiger partial charge in [0.15, 0.2) is 5.65 Å². The highest BCUT2D eigenvalue weighted by Gasteiger charge is 2.23. The second-order valence-corrected chi connectivity index (χ2v) is 8.45. The van der Waals surface area contributed by atoms with E-state index in [9.17, 15) is 9.59 Å². The summed E-state index contributed by atoms with van der Waals surface area (Å²) in [5.41, 5.74) is 1.95. The van der Waals surface area contributed by atoms with Crippen LogP contribution in [0.3, 0.4) is 0 Å². The van der Waals surface area contributed by atoms with Gasteiger partial charge in [-0.1, -0.05) is 0 Å². The van der Waals surface area contributed by atoms with E-state index in [0.717, 1.165) is 10.6 Å². The Morgan fingerprint density at radius 1 is 1.28 bits per heavy atom. The van der Waals surface area contributed by atoms with Crippen molar-refractivity contribution in [1.82, 2.24) is 25.0 Å². The highest BCUT2D eigenvalue weighted by molar-refractivity contribution is 7.15. The average Bonchev–Trinajstić information content (AvgIpc) is 3.31. The Kier molecular flexibility index (Phi) is 6.32. The van der Waals surface area contributed by atoms with Crippen molar-refractivity contribution in [1.29, 1.82) is 0 Å². The van der Waals surface area contributed by atoms with Gasteiger partial charge in [0, 0.05) is 24.0 Å². The summed E-state index contributed by atoms with van der Waals surface area (Å²) in [4.78, 5) is 34.0. The average molecular weight is 414 g/mol. The number of aromatic nitrogens is 3. The summed E-state index contributed by atoms with van der Waals surface area (Å²) in [5, 5.41) is 7.92. The molecule has 3 aromatic heterocycles. The number of hydrogen-bond donors (Lipinski definition) is 1. The minimum Gasteiger partial charge on any atom is -0.355 e. The van der Waals surface area contributed by atoms with Crippen LogP contribution in [0.2, 0.25) is 0 Å². The van der Waals surface area contributed by atoms with Crippen LogP contribution < -0.4 is 5.32 Å². The standard InChI is InChI=1S/C21H27N5O2S/c1-6-22-19(27)12-25(7-2)21(28)15-10-17(18-9-8-14(5)29-18)24-20-16(15)11-23-26(20)13(3)4/h8-11,13H,6-7,12H2,1-5H3,(H,22,27). The Morgan fingerprint density at radius 2 is 2.03 bits per heavy atom. The third-order valence-electron chi connectivity index (χ3n) is 4.66. The SMILES string of the molecule is CCNC(=O)CN(CC)C(=O)c1cc(-c2ccc(C)s2)nc2c1cnn2C(C)C. The third kappa shape index (κ3) is 4.32. The van der Waals surface area contributed by atoms with Crippen LogP contribution >= 0.6 is 11.3 Å². The first-order chi connectivity index (χ1) is 13.8. The van der Waals surface area contributed by atoms with Gasteiger partial charge in [-0.25, -0.2) is 9.67 Å². The summed E-state index contributed by atoms with van der Waals surface area (Å²) in [6, 6.07) is 5.99. The maximum atomic E-state index is 13.4. The molecule has 2 amide bonds. The van der Waals surface area contributed by atoms with Crippen molar-refractivity contribution in [3.05, 3.63) is 34.8 Å². The molecule has 0 atom stereocenters. The highest BCUT2D eigenvalue weighted by atomic mass is 32.1. The number of pyridine rings is 1. The van der Waals surface area contributed by atoms with Crippen LogP contribution in [0, 0.1) is 6.92 Å². The van der Waals surface area contributed by atoms with E-state index >= 15 is 0 Å². The summed E-state index contributed by atoms with van der Waals surface area (Å²) < 4.78 is 1.83. The number of nitrogens with one attached hydrogen (secondary N) is 1. The van der Waals surface area contributed by atoms with Crippen LogP contribution in [-0.2, 0) is 4.79 Å². The summed E-state index contributed by atoms with van der Waals surface area (Å²) in [6.45, 7) is 10.8. The van der Waals surface area contributed by atoms with Gasteiger partial charge in [0.1, 0.15) is 0 Å². The molecule has 1 N–H and O–H groups in total. The molecule has 0 saturated heterocycles. The number of carbonyl (C=O) groups is 2. The molecule has 154 valence electrons. The van der Waals surface area contributed by atoms with Gasteiger partial charge in [0.2, 0.25) is 5.91 Å². The fourth-order valence-corrected chi connectivity index (χ4v) is 4.02. The Hall–Kier alpha value is -2.74. The lowest BCUT2D eigenvalue weighted by atomic mass is 10.1. The number of carbonyl (C=O) groups excluding carboxylic acids is 2. The van der Waals surface area contributed by atoms with Gasteiger partial charge in [0.05, 0.1) is 34.3 Å². The predicted molar refractivity (Wildman–Crippen MR) is 116 cm³/mol. The predicted octanol–water partition coefficient (Wildman–Crippen LogP) is 3.65. The third-order valence-corrected chi connectivity index (χ3v) is 5.68.